The number of amides is 2. The van der Waals surface area contributed by atoms with E-state index < -0.39 is 0 Å². The fourth-order valence-corrected chi connectivity index (χ4v) is 2.86. The normalized spacial score (nSPS) is 16.2. The van der Waals surface area contributed by atoms with E-state index in [1.54, 1.807) is 17.8 Å². The van der Waals surface area contributed by atoms with Gasteiger partial charge in [0.05, 0.1) is 0 Å². The van der Waals surface area contributed by atoms with E-state index in [-0.39, 0.29) is 6.03 Å². The molecule has 2 heterocycles. The summed E-state index contributed by atoms with van der Waals surface area (Å²) in [6.07, 6.45) is 0. The van der Waals surface area contributed by atoms with Crippen LogP contribution in [-0.2, 0) is 7.05 Å². The summed E-state index contributed by atoms with van der Waals surface area (Å²) >= 11 is 5.15. The molecule has 0 saturated carbocycles. The highest BCUT2D eigenvalue weighted by atomic mass is 79.9. The van der Waals surface area contributed by atoms with E-state index in [0.717, 1.165) is 29.2 Å². The van der Waals surface area contributed by atoms with Crippen LogP contribution in [0.15, 0.2) is 10.7 Å². The standard InChI is InChI=1S/C9H13BrN4OS/c1-13-8(6-7(10)12-13)11-9(15)14-2-4-16-5-3-14/h6H,2-5H2,1H3,(H,11,15). The molecule has 1 aromatic heterocycles. The van der Waals surface area contributed by atoms with E-state index in [2.05, 4.69) is 26.3 Å². The minimum Gasteiger partial charge on any atom is -0.323 e. The Morgan fingerprint density at radius 2 is 2.25 bits per heavy atom. The first-order valence-corrected chi connectivity index (χ1v) is 6.95. The number of anilines is 1. The molecule has 1 aliphatic rings. The van der Waals surface area contributed by atoms with Crippen LogP contribution in [0.1, 0.15) is 0 Å². The SMILES string of the molecule is Cn1nc(Br)cc1NC(=O)N1CCSCC1. The third kappa shape index (κ3) is 2.70. The maximum absolute atomic E-state index is 11.9. The van der Waals surface area contributed by atoms with Gasteiger partial charge in [0.2, 0.25) is 0 Å². The van der Waals surface area contributed by atoms with Gasteiger partial charge in [-0.05, 0) is 15.9 Å². The Balaban J connectivity index is 1.98. The summed E-state index contributed by atoms with van der Waals surface area (Å²) in [4.78, 5) is 13.7. The average Bonchev–Trinajstić information content (AvgIpc) is 2.59. The molecule has 5 nitrogen and oxygen atoms in total. The Morgan fingerprint density at radius 1 is 1.56 bits per heavy atom. The van der Waals surface area contributed by atoms with Gasteiger partial charge in [0, 0.05) is 37.7 Å². The fourth-order valence-electron chi connectivity index (χ4n) is 1.50. The zero-order valence-corrected chi connectivity index (χ0v) is 11.3. The molecule has 0 aromatic carbocycles. The molecule has 0 unspecified atom stereocenters. The maximum atomic E-state index is 11.9. The van der Waals surface area contributed by atoms with Crippen LogP contribution in [0.25, 0.3) is 0 Å². The van der Waals surface area contributed by atoms with Crippen LogP contribution in [0.3, 0.4) is 0 Å². The number of thioether (sulfide) groups is 1. The lowest BCUT2D eigenvalue weighted by Gasteiger charge is -2.26. The molecule has 0 spiro atoms. The number of nitrogens with one attached hydrogen (secondary N) is 1. The highest BCUT2D eigenvalue weighted by molar-refractivity contribution is 9.10. The molecule has 1 aromatic rings. The number of hydrogen-bond donors (Lipinski definition) is 1. The van der Waals surface area contributed by atoms with Gasteiger partial charge >= 0.3 is 6.03 Å². The molecule has 16 heavy (non-hydrogen) atoms. The number of halogens is 1. The van der Waals surface area contributed by atoms with Crippen LogP contribution in [0.2, 0.25) is 0 Å². The topological polar surface area (TPSA) is 50.2 Å². The highest BCUT2D eigenvalue weighted by Crippen LogP contribution is 2.16. The third-order valence-electron chi connectivity index (χ3n) is 2.38. The van der Waals surface area contributed by atoms with Crippen LogP contribution in [-0.4, -0.2) is 45.3 Å². The van der Waals surface area contributed by atoms with Crippen molar-refractivity contribution >= 4 is 39.5 Å². The smallest absolute Gasteiger partial charge is 0.323 e. The number of carbonyl (C=O) groups excluding carboxylic acids is 1. The van der Waals surface area contributed by atoms with Gasteiger partial charge in [0.15, 0.2) is 0 Å². The number of hydrogen-bond acceptors (Lipinski definition) is 3. The van der Waals surface area contributed by atoms with E-state index in [0.29, 0.717) is 5.82 Å². The van der Waals surface area contributed by atoms with Crippen molar-refractivity contribution in [1.29, 1.82) is 0 Å². The molecule has 88 valence electrons. The van der Waals surface area contributed by atoms with Crippen molar-refractivity contribution < 1.29 is 4.79 Å². The van der Waals surface area contributed by atoms with Gasteiger partial charge in [-0.2, -0.15) is 16.9 Å². The molecule has 1 saturated heterocycles. The van der Waals surface area contributed by atoms with Crippen molar-refractivity contribution in [2.24, 2.45) is 7.05 Å². The van der Waals surface area contributed by atoms with E-state index in [1.807, 2.05) is 16.7 Å². The summed E-state index contributed by atoms with van der Waals surface area (Å²) in [6.45, 7) is 1.63. The predicted octanol–water partition coefficient (Wildman–Crippen LogP) is 1.76. The van der Waals surface area contributed by atoms with Gasteiger partial charge < -0.3 is 4.90 Å². The molecule has 0 radical (unpaired) electrons. The Bertz CT molecular complexity index is 389. The second-order valence-electron chi connectivity index (χ2n) is 3.51. The molecule has 2 amide bonds. The average molecular weight is 305 g/mol. The predicted molar refractivity (Wildman–Crippen MR) is 68.8 cm³/mol. The molecule has 0 atom stereocenters. The number of aromatic nitrogens is 2. The molecule has 0 bridgehead atoms. The van der Waals surface area contributed by atoms with E-state index >= 15 is 0 Å². The molecule has 0 aliphatic carbocycles. The molecule has 1 aliphatic heterocycles. The lowest BCUT2D eigenvalue weighted by molar-refractivity contribution is 0.217. The Morgan fingerprint density at radius 3 is 2.81 bits per heavy atom. The first-order chi connectivity index (χ1) is 7.66. The number of carbonyl (C=O) groups is 1. The monoisotopic (exact) mass is 304 g/mol. The second kappa shape index (κ2) is 5.09. The molecular weight excluding hydrogens is 292 g/mol. The van der Waals surface area contributed by atoms with Gasteiger partial charge in [-0.1, -0.05) is 0 Å². The lowest BCUT2D eigenvalue weighted by Crippen LogP contribution is -2.40. The van der Waals surface area contributed by atoms with Crippen molar-refractivity contribution in [2.45, 2.75) is 0 Å². The molecular formula is C9H13BrN4OS. The summed E-state index contributed by atoms with van der Waals surface area (Å²) in [6, 6.07) is 1.74. The first-order valence-electron chi connectivity index (χ1n) is 5.00. The summed E-state index contributed by atoms with van der Waals surface area (Å²) in [5, 5.41) is 6.95. The number of nitrogens with zero attached hydrogens (tertiary/aromatic N) is 3. The Kier molecular flexibility index (Phi) is 3.75. The maximum Gasteiger partial charge on any atom is 0.323 e. The zero-order valence-electron chi connectivity index (χ0n) is 8.94. The largest absolute Gasteiger partial charge is 0.323 e. The van der Waals surface area contributed by atoms with Crippen molar-refractivity contribution in [3.63, 3.8) is 0 Å². The van der Waals surface area contributed by atoms with Gasteiger partial charge in [-0.25, -0.2) is 4.79 Å². The Labute approximate surface area is 107 Å². The minimum absolute atomic E-state index is 0.0456. The van der Waals surface area contributed by atoms with Gasteiger partial charge in [0.1, 0.15) is 10.4 Å². The zero-order chi connectivity index (χ0) is 11.5. The summed E-state index contributed by atoms with van der Waals surface area (Å²) in [7, 11) is 1.80. The summed E-state index contributed by atoms with van der Waals surface area (Å²) in [5.41, 5.74) is 0. The van der Waals surface area contributed by atoms with Crippen molar-refractivity contribution in [1.82, 2.24) is 14.7 Å². The van der Waals surface area contributed by atoms with E-state index in [1.165, 1.54) is 0 Å². The van der Waals surface area contributed by atoms with Crippen molar-refractivity contribution in [3.05, 3.63) is 10.7 Å². The van der Waals surface area contributed by atoms with Gasteiger partial charge in [-0.15, -0.1) is 0 Å². The third-order valence-corrected chi connectivity index (χ3v) is 3.71. The molecule has 7 heteroatoms. The summed E-state index contributed by atoms with van der Waals surface area (Å²) < 4.78 is 2.36. The number of urea groups is 1. The van der Waals surface area contributed by atoms with Crippen LogP contribution >= 0.6 is 27.7 Å². The quantitative estimate of drug-likeness (QED) is 0.860. The molecule has 1 fully saturated rings. The number of aryl methyl sites for hydroxylation is 1. The van der Waals surface area contributed by atoms with Gasteiger partial charge in [-0.3, -0.25) is 10.00 Å². The van der Waals surface area contributed by atoms with Crippen LogP contribution in [0.5, 0.6) is 0 Å². The highest BCUT2D eigenvalue weighted by Gasteiger charge is 2.17. The second-order valence-corrected chi connectivity index (χ2v) is 5.54. The van der Waals surface area contributed by atoms with Crippen LogP contribution < -0.4 is 5.32 Å². The fraction of sp³-hybridized carbons (Fsp3) is 0.556. The van der Waals surface area contributed by atoms with Crippen molar-refractivity contribution in [2.75, 3.05) is 29.9 Å². The minimum atomic E-state index is -0.0456. The van der Waals surface area contributed by atoms with E-state index in [4.69, 9.17) is 0 Å². The van der Waals surface area contributed by atoms with Gasteiger partial charge in [0.25, 0.3) is 0 Å². The first kappa shape index (κ1) is 11.8. The Hall–Kier alpha value is -0.690. The number of rotatable bonds is 1. The summed E-state index contributed by atoms with van der Waals surface area (Å²) in [5.74, 6) is 2.74. The van der Waals surface area contributed by atoms with Crippen molar-refractivity contribution in [3.8, 4) is 0 Å². The molecule has 2 rings (SSSR count). The lowest BCUT2D eigenvalue weighted by atomic mass is 10.5. The molecule has 1 N–H and O–H groups in total. The van der Waals surface area contributed by atoms with Crippen LogP contribution in [0, 0.1) is 0 Å². The van der Waals surface area contributed by atoms with E-state index in [9.17, 15) is 4.79 Å². The van der Waals surface area contributed by atoms with Crippen LogP contribution in [0.4, 0.5) is 10.6 Å².